The maximum Gasteiger partial charge on any atom is 0.161 e. The van der Waals surface area contributed by atoms with Gasteiger partial charge in [0.1, 0.15) is 0 Å². The van der Waals surface area contributed by atoms with E-state index in [1.807, 2.05) is 12.1 Å². The van der Waals surface area contributed by atoms with Gasteiger partial charge in [-0.15, -0.1) is 0 Å². The minimum absolute atomic E-state index is 0.0900. The Labute approximate surface area is 141 Å². The van der Waals surface area contributed by atoms with Gasteiger partial charge in [0.25, 0.3) is 0 Å². The lowest BCUT2D eigenvalue weighted by Crippen LogP contribution is -2.21. The second kappa shape index (κ2) is 6.06. The van der Waals surface area contributed by atoms with E-state index in [9.17, 15) is 0 Å². The molecule has 0 radical (unpaired) electrons. The first-order valence-corrected chi connectivity index (χ1v) is 8.02. The van der Waals surface area contributed by atoms with Crippen molar-refractivity contribution in [1.29, 1.82) is 0 Å². The van der Waals surface area contributed by atoms with Gasteiger partial charge in [-0.2, -0.15) is 0 Å². The molecule has 0 spiro atoms. The zero-order chi connectivity index (χ0) is 16.5. The van der Waals surface area contributed by atoms with E-state index in [1.54, 1.807) is 14.2 Å². The van der Waals surface area contributed by atoms with Gasteiger partial charge >= 0.3 is 0 Å². The molecule has 0 saturated heterocycles. The molecular weight excluding hydrogens is 300 g/mol. The summed E-state index contributed by atoms with van der Waals surface area (Å²) >= 11 is 0. The Hall–Kier alpha value is -2.72. The normalized spacial score (nSPS) is 16.0. The lowest BCUT2D eigenvalue weighted by atomic mass is 10.0. The van der Waals surface area contributed by atoms with Crippen molar-refractivity contribution < 1.29 is 9.47 Å². The molecule has 0 aliphatic carbocycles. The summed E-state index contributed by atoms with van der Waals surface area (Å²) in [6.07, 6.45) is 2.12. The molecule has 3 aromatic rings. The van der Waals surface area contributed by atoms with Crippen molar-refractivity contribution in [2.45, 2.75) is 12.6 Å². The molecule has 4 rings (SSSR count). The number of methoxy groups -OCH3 is 2. The topological polar surface area (TPSA) is 35.4 Å². The minimum Gasteiger partial charge on any atom is -0.493 e. The van der Waals surface area contributed by atoms with Crippen molar-refractivity contribution in [3.8, 4) is 17.2 Å². The van der Waals surface area contributed by atoms with Crippen molar-refractivity contribution in [2.24, 2.45) is 0 Å². The number of hydrogen-bond donors (Lipinski definition) is 1. The lowest BCUT2D eigenvalue weighted by molar-refractivity contribution is 0.354. The zero-order valence-corrected chi connectivity index (χ0v) is 13.8. The van der Waals surface area contributed by atoms with Crippen LogP contribution in [0.2, 0.25) is 0 Å². The first-order chi connectivity index (χ1) is 11.8. The third-order valence-corrected chi connectivity index (χ3v) is 4.56. The van der Waals surface area contributed by atoms with Crippen LogP contribution < -0.4 is 14.8 Å². The molecule has 0 saturated carbocycles. The van der Waals surface area contributed by atoms with Crippen LogP contribution >= 0.6 is 0 Å². The largest absolute Gasteiger partial charge is 0.493 e. The van der Waals surface area contributed by atoms with Gasteiger partial charge < -0.3 is 19.4 Å². The van der Waals surface area contributed by atoms with E-state index in [0.29, 0.717) is 0 Å². The summed E-state index contributed by atoms with van der Waals surface area (Å²) in [5.41, 5.74) is 4.89. The van der Waals surface area contributed by atoms with Crippen LogP contribution in [0.4, 0.5) is 0 Å². The van der Waals surface area contributed by atoms with E-state index in [4.69, 9.17) is 9.47 Å². The molecule has 1 aliphatic heterocycles. The molecule has 1 aromatic heterocycles. The summed E-state index contributed by atoms with van der Waals surface area (Å²) in [5, 5.41) is 3.67. The molecular formula is C20H20N2O2. The summed E-state index contributed by atoms with van der Waals surface area (Å²) in [5.74, 6) is 1.49. The third kappa shape index (κ3) is 2.36. The second-order valence-corrected chi connectivity index (χ2v) is 5.86. The van der Waals surface area contributed by atoms with Gasteiger partial charge in [-0.3, -0.25) is 0 Å². The summed E-state index contributed by atoms with van der Waals surface area (Å²) < 4.78 is 13.1. The highest BCUT2D eigenvalue weighted by Gasteiger charge is 2.23. The third-order valence-electron chi connectivity index (χ3n) is 4.56. The Balaban J connectivity index is 1.81. The highest BCUT2D eigenvalue weighted by atomic mass is 16.5. The predicted molar refractivity (Wildman–Crippen MR) is 94.0 cm³/mol. The van der Waals surface area contributed by atoms with Gasteiger partial charge in [0.2, 0.25) is 0 Å². The summed E-state index contributed by atoms with van der Waals surface area (Å²) in [4.78, 5) is 0. The quantitative estimate of drug-likeness (QED) is 0.799. The number of fused-ring (bicyclic) bond motifs is 3. The van der Waals surface area contributed by atoms with Crippen LogP contribution in [-0.2, 0) is 6.54 Å². The predicted octanol–water partition coefficient (Wildman–Crippen LogP) is 3.69. The standard InChI is InChI=1S/C20H20N2O2/c1-23-18-10-9-14(12-19(18)24-2)20-17-8-5-11-22(17)16-7-4-3-6-15(16)13-21-20/h3-12,20-21H,13H2,1-2H3. The van der Waals surface area contributed by atoms with Gasteiger partial charge in [-0.05, 0) is 41.5 Å². The van der Waals surface area contributed by atoms with E-state index < -0.39 is 0 Å². The number of aromatic nitrogens is 1. The maximum atomic E-state index is 5.47. The van der Waals surface area contributed by atoms with Crippen molar-refractivity contribution >= 4 is 0 Å². The molecule has 1 atom stereocenters. The Morgan fingerprint density at radius 1 is 0.958 bits per heavy atom. The zero-order valence-electron chi connectivity index (χ0n) is 13.8. The SMILES string of the molecule is COc1ccc(C2NCc3ccccc3-n3cccc32)cc1OC. The van der Waals surface area contributed by atoms with Gasteiger partial charge in [0, 0.05) is 24.1 Å². The van der Waals surface area contributed by atoms with Crippen LogP contribution in [0.1, 0.15) is 22.9 Å². The number of hydrogen-bond acceptors (Lipinski definition) is 3. The number of benzene rings is 2. The molecule has 0 bridgehead atoms. The molecule has 2 heterocycles. The van der Waals surface area contributed by atoms with Crippen LogP contribution in [0.25, 0.3) is 5.69 Å². The van der Waals surface area contributed by atoms with Gasteiger partial charge in [-0.25, -0.2) is 0 Å². The summed E-state index contributed by atoms with van der Waals surface area (Å²) in [7, 11) is 3.32. The molecule has 1 N–H and O–H groups in total. The molecule has 122 valence electrons. The van der Waals surface area contributed by atoms with Crippen molar-refractivity contribution in [3.05, 3.63) is 77.6 Å². The Morgan fingerprint density at radius 2 is 1.79 bits per heavy atom. The molecule has 0 amide bonds. The molecule has 1 aliphatic rings. The Kier molecular flexibility index (Phi) is 3.75. The first kappa shape index (κ1) is 14.8. The summed E-state index contributed by atoms with van der Waals surface area (Å²) in [6.45, 7) is 0.816. The molecule has 0 fully saturated rings. The second-order valence-electron chi connectivity index (χ2n) is 5.86. The maximum absolute atomic E-state index is 5.47. The highest BCUT2D eigenvalue weighted by Crippen LogP contribution is 2.35. The van der Waals surface area contributed by atoms with Crippen LogP contribution in [0, 0.1) is 0 Å². The minimum atomic E-state index is 0.0900. The number of ether oxygens (including phenoxy) is 2. The van der Waals surface area contributed by atoms with E-state index in [1.165, 1.54) is 16.9 Å². The van der Waals surface area contributed by atoms with Crippen molar-refractivity contribution in [3.63, 3.8) is 0 Å². The van der Waals surface area contributed by atoms with E-state index in [2.05, 4.69) is 58.5 Å². The van der Waals surface area contributed by atoms with Gasteiger partial charge in [0.05, 0.1) is 20.3 Å². The fraction of sp³-hybridized carbons (Fsp3) is 0.200. The average Bonchev–Trinajstić information content (AvgIpc) is 3.05. The number of nitrogens with zero attached hydrogens (tertiary/aromatic N) is 1. The average molecular weight is 320 g/mol. The molecule has 2 aromatic carbocycles. The fourth-order valence-corrected chi connectivity index (χ4v) is 3.38. The number of nitrogens with one attached hydrogen (secondary N) is 1. The van der Waals surface area contributed by atoms with Crippen LogP contribution in [0.5, 0.6) is 11.5 Å². The monoisotopic (exact) mass is 320 g/mol. The van der Waals surface area contributed by atoms with Gasteiger partial charge in [0.15, 0.2) is 11.5 Å². The highest BCUT2D eigenvalue weighted by molar-refractivity contribution is 5.49. The molecule has 4 heteroatoms. The van der Waals surface area contributed by atoms with Crippen molar-refractivity contribution in [2.75, 3.05) is 14.2 Å². The molecule has 1 unspecified atom stereocenters. The Bertz CT molecular complexity index is 870. The van der Waals surface area contributed by atoms with E-state index in [0.717, 1.165) is 23.6 Å². The lowest BCUT2D eigenvalue weighted by Gasteiger charge is -2.19. The van der Waals surface area contributed by atoms with Crippen LogP contribution in [-0.4, -0.2) is 18.8 Å². The van der Waals surface area contributed by atoms with Gasteiger partial charge in [-0.1, -0.05) is 24.3 Å². The van der Waals surface area contributed by atoms with E-state index >= 15 is 0 Å². The number of para-hydroxylation sites is 1. The van der Waals surface area contributed by atoms with E-state index in [-0.39, 0.29) is 6.04 Å². The van der Waals surface area contributed by atoms with Crippen molar-refractivity contribution in [1.82, 2.24) is 9.88 Å². The van der Waals surface area contributed by atoms with Crippen LogP contribution in [0.15, 0.2) is 60.8 Å². The Morgan fingerprint density at radius 3 is 2.62 bits per heavy atom. The number of rotatable bonds is 3. The molecule has 24 heavy (non-hydrogen) atoms. The van der Waals surface area contributed by atoms with Crippen LogP contribution in [0.3, 0.4) is 0 Å². The fourth-order valence-electron chi connectivity index (χ4n) is 3.38. The summed E-state index contributed by atoms with van der Waals surface area (Å²) in [6, 6.07) is 18.9. The molecule has 4 nitrogen and oxygen atoms in total. The smallest absolute Gasteiger partial charge is 0.161 e. The first-order valence-electron chi connectivity index (χ1n) is 8.02.